The zero-order valence-corrected chi connectivity index (χ0v) is 18.6. The fraction of sp³-hybridized carbons (Fsp3) is 0.0476. The Morgan fingerprint density at radius 2 is 1.81 bits per heavy atom. The predicted molar refractivity (Wildman–Crippen MR) is 119 cm³/mol. The first-order chi connectivity index (χ1) is 15.0. The first-order valence-corrected chi connectivity index (χ1v) is 11.6. The molecule has 0 fully saturated rings. The second-order valence-corrected chi connectivity index (χ2v) is 9.51. The number of carbonyl (C=O) groups is 1. The number of halogens is 4. The van der Waals surface area contributed by atoms with E-state index in [9.17, 15) is 22.0 Å². The molecule has 0 unspecified atom stereocenters. The summed E-state index contributed by atoms with van der Waals surface area (Å²) >= 11 is 12.4. The highest BCUT2D eigenvalue weighted by Gasteiger charge is 2.21. The van der Waals surface area contributed by atoms with Crippen LogP contribution in [0.3, 0.4) is 0 Å². The Morgan fingerprint density at radius 1 is 1.06 bits per heavy atom. The van der Waals surface area contributed by atoms with Crippen LogP contribution in [0.5, 0.6) is 0 Å². The van der Waals surface area contributed by atoms with E-state index >= 15 is 0 Å². The van der Waals surface area contributed by atoms with Crippen molar-refractivity contribution < 1.29 is 22.0 Å². The summed E-state index contributed by atoms with van der Waals surface area (Å²) in [6, 6.07) is 12.7. The van der Waals surface area contributed by atoms with Crippen LogP contribution in [-0.2, 0) is 10.0 Å². The number of fused-ring (bicyclic) bond motifs is 1. The summed E-state index contributed by atoms with van der Waals surface area (Å²) in [6.45, 7) is 0. The van der Waals surface area contributed by atoms with Crippen molar-refractivity contribution in [1.29, 1.82) is 0 Å². The minimum atomic E-state index is -3.90. The molecule has 6 nitrogen and oxygen atoms in total. The monoisotopic (exact) mass is 495 g/mol. The molecule has 0 saturated heterocycles. The zero-order chi connectivity index (χ0) is 23.2. The SMILES string of the molecule is CS(=O)(=O)NC(=O)c1cc(Cl)c(-n2nc(-c3cccc(Cl)c3)c3cc(F)ccc32)cc1F. The van der Waals surface area contributed by atoms with Crippen molar-refractivity contribution in [3.8, 4) is 16.9 Å². The van der Waals surface area contributed by atoms with Gasteiger partial charge in [-0.1, -0.05) is 35.3 Å². The highest BCUT2D eigenvalue weighted by molar-refractivity contribution is 7.89. The minimum Gasteiger partial charge on any atom is -0.268 e. The van der Waals surface area contributed by atoms with E-state index in [0.717, 1.165) is 18.4 Å². The van der Waals surface area contributed by atoms with Crippen molar-refractivity contribution in [1.82, 2.24) is 14.5 Å². The lowest BCUT2D eigenvalue weighted by molar-refractivity contribution is 0.0978. The summed E-state index contributed by atoms with van der Waals surface area (Å²) < 4.78 is 54.3. The largest absolute Gasteiger partial charge is 0.268 e. The van der Waals surface area contributed by atoms with Crippen LogP contribution in [0.1, 0.15) is 10.4 Å². The van der Waals surface area contributed by atoms with Crippen LogP contribution in [-0.4, -0.2) is 30.4 Å². The number of hydrogen-bond donors (Lipinski definition) is 1. The van der Waals surface area contributed by atoms with Gasteiger partial charge in [0, 0.05) is 22.0 Å². The van der Waals surface area contributed by atoms with Gasteiger partial charge in [0.25, 0.3) is 5.91 Å². The predicted octanol–water partition coefficient (Wildman–Crippen LogP) is 4.97. The Morgan fingerprint density at radius 3 is 2.50 bits per heavy atom. The third-order valence-corrected chi connectivity index (χ3v) is 5.62. The quantitative estimate of drug-likeness (QED) is 0.433. The molecule has 0 aliphatic carbocycles. The molecular formula is C21H13Cl2F2N3O3S. The summed E-state index contributed by atoms with van der Waals surface area (Å²) in [4.78, 5) is 12.1. The Labute approximate surface area is 191 Å². The number of amides is 1. The van der Waals surface area contributed by atoms with Gasteiger partial charge in [0.2, 0.25) is 10.0 Å². The third-order valence-electron chi connectivity index (χ3n) is 4.53. The van der Waals surface area contributed by atoms with Crippen LogP contribution in [0, 0.1) is 11.6 Å². The third kappa shape index (κ3) is 4.32. The van der Waals surface area contributed by atoms with E-state index in [4.69, 9.17) is 23.2 Å². The van der Waals surface area contributed by atoms with Crippen LogP contribution in [0.25, 0.3) is 27.8 Å². The standard InChI is InChI=1S/C21H13Cl2F2N3O3S/c1-32(30,31)27-21(29)14-9-16(23)19(10-17(14)25)28-18-6-5-13(24)8-15(18)20(26-28)11-3-2-4-12(22)7-11/h2-10H,1H3,(H,27,29). The maximum atomic E-state index is 14.8. The van der Waals surface area contributed by atoms with E-state index in [1.807, 2.05) is 0 Å². The summed E-state index contributed by atoms with van der Waals surface area (Å²) in [5.74, 6) is -2.67. The number of aromatic nitrogens is 2. The van der Waals surface area contributed by atoms with Gasteiger partial charge in [-0.3, -0.25) is 4.79 Å². The number of hydrogen-bond acceptors (Lipinski definition) is 4. The van der Waals surface area contributed by atoms with Gasteiger partial charge in [0.05, 0.1) is 28.0 Å². The van der Waals surface area contributed by atoms with E-state index in [0.29, 0.717) is 27.2 Å². The topological polar surface area (TPSA) is 81.1 Å². The lowest BCUT2D eigenvalue weighted by Crippen LogP contribution is -2.30. The molecule has 1 aromatic heterocycles. The number of sulfonamides is 1. The molecule has 4 aromatic rings. The van der Waals surface area contributed by atoms with E-state index in [1.54, 1.807) is 29.0 Å². The summed E-state index contributed by atoms with van der Waals surface area (Å²) in [5.41, 5.74) is 0.938. The minimum absolute atomic E-state index is 0.0728. The molecule has 0 aliphatic rings. The van der Waals surface area contributed by atoms with Gasteiger partial charge in [-0.15, -0.1) is 0 Å². The molecule has 0 saturated carbocycles. The molecule has 0 bridgehead atoms. The Kier molecular flexibility index (Phi) is 5.66. The van der Waals surface area contributed by atoms with Crippen molar-refractivity contribution in [3.63, 3.8) is 0 Å². The maximum absolute atomic E-state index is 14.8. The van der Waals surface area contributed by atoms with Crippen molar-refractivity contribution in [2.24, 2.45) is 0 Å². The van der Waals surface area contributed by atoms with Crippen LogP contribution >= 0.6 is 23.2 Å². The molecule has 0 spiro atoms. The maximum Gasteiger partial charge on any atom is 0.267 e. The summed E-state index contributed by atoms with van der Waals surface area (Å²) in [7, 11) is -3.90. The van der Waals surface area contributed by atoms with Gasteiger partial charge in [0.1, 0.15) is 17.3 Å². The van der Waals surface area contributed by atoms with Crippen LogP contribution < -0.4 is 4.72 Å². The van der Waals surface area contributed by atoms with Crippen LogP contribution in [0.2, 0.25) is 10.0 Å². The van der Waals surface area contributed by atoms with Gasteiger partial charge >= 0.3 is 0 Å². The molecule has 4 rings (SSSR count). The summed E-state index contributed by atoms with van der Waals surface area (Å²) in [6.07, 6.45) is 0.769. The molecular weight excluding hydrogens is 483 g/mol. The highest BCUT2D eigenvalue weighted by Crippen LogP contribution is 2.34. The molecule has 32 heavy (non-hydrogen) atoms. The molecule has 11 heteroatoms. The van der Waals surface area contributed by atoms with Crippen molar-refractivity contribution in [3.05, 3.63) is 81.8 Å². The van der Waals surface area contributed by atoms with Gasteiger partial charge in [-0.25, -0.2) is 26.6 Å². The number of benzene rings is 3. The number of nitrogens with zero attached hydrogens (tertiary/aromatic N) is 2. The fourth-order valence-electron chi connectivity index (χ4n) is 3.22. The first-order valence-electron chi connectivity index (χ1n) is 8.99. The Balaban J connectivity index is 1.91. The smallest absolute Gasteiger partial charge is 0.267 e. The van der Waals surface area contributed by atoms with Gasteiger partial charge in [-0.05, 0) is 36.4 Å². The number of carbonyl (C=O) groups excluding carboxylic acids is 1. The molecule has 0 radical (unpaired) electrons. The first kappa shape index (κ1) is 22.2. The fourth-order valence-corrected chi connectivity index (χ4v) is 4.10. The lowest BCUT2D eigenvalue weighted by atomic mass is 10.1. The molecule has 0 aliphatic heterocycles. The van der Waals surface area contributed by atoms with Crippen molar-refractivity contribution in [2.45, 2.75) is 0 Å². The van der Waals surface area contributed by atoms with Crippen LogP contribution in [0.4, 0.5) is 8.78 Å². The molecule has 1 heterocycles. The Bertz CT molecular complexity index is 1500. The zero-order valence-electron chi connectivity index (χ0n) is 16.2. The van der Waals surface area contributed by atoms with Gasteiger partial charge < -0.3 is 0 Å². The molecule has 3 aromatic carbocycles. The van der Waals surface area contributed by atoms with Crippen LogP contribution in [0.15, 0.2) is 54.6 Å². The highest BCUT2D eigenvalue weighted by atomic mass is 35.5. The number of rotatable bonds is 4. The van der Waals surface area contributed by atoms with Gasteiger partial charge in [0.15, 0.2) is 0 Å². The second kappa shape index (κ2) is 8.16. The normalized spacial score (nSPS) is 11.7. The number of nitrogens with one attached hydrogen (secondary N) is 1. The molecule has 1 N–H and O–H groups in total. The van der Waals surface area contributed by atoms with E-state index in [2.05, 4.69) is 5.10 Å². The van der Waals surface area contributed by atoms with E-state index in [1.165, 1.54) is 22.9 Å². The second-order valence-electron chi connectivity index (χ2n) is 6.92. The average molecular weight is 496 g/mol. The van der Waals surface area contributed by atoms with Crippen molar-refractivity contribution in [2.75, 3.05) is 6.26 Å². The van der Waals surface area contributed by atoms with E-state index < -0.39 is 33.1 Å². The van der Waals surface area contributed by atoms with Gasteiger partial charge in [-0.2, -0.15) is 5.10 Å². The molecule has 164 valence electrons. The Hall–Kier alpha value is -3.01. The molecule has 1 amide bonds. The average Bonchev–Trinajstić information content (AvgIpc) is 3.06. The van der Waals surface area contributed by atoms with E-state index in [-0.39, 0.29) is 10.7 Å². The molecule has 0 atom stereocenters. The summed E-state index contributed by atoms with van der Waals surface area (Å²) in [5, 5.41) is 5.30. The van der Waals surface area contributed by atoms with Crippen molar-refractivity contribution >= 4 is 50.0 Å². The lowest BCUT2D eigenvalue weighted by Gasteiger charge is -2.10.